The monoisotopic (exact) mass is 444 g/mol. The lowest BCUT2D eigenvalue weighted by Crippen LogP contribution is -2.34. The van der Waals surface area contributed by atoms with Crippen LogP contribution in [0.15, 0.2) is 36.4 Å². The molecular formula is C22H25ClN4O4. The van der Waals surface area contributed by atoms with E-state index in [9.17, 15) is 5.11 Å². The second kappa shape index (κ2) is 9.00. The highest BCUT2D eigenvalue weighted by Crippen LogP contribution is 2.30. The number of rotatable bonds is 8. The van der Waals surface area contributed by atoms with Crippen LogP contribution in [0.3, 0.4) is 0 Å². The van der Waals surface area contributed by atoms with E-state index in [0.717, 1.165) is 25.8 Å². The molecule has 0 saturated carbocycles. The van der Waals surface area contributed by atoms with E-state index >= 15 is 0 Å². The van der Waals surface area contributed by atoms with Crippen LogP contribution in [0.5, 0.6) is 6.01 Å². The van der Waals surface area contributed by atoms with Crippen molar-refractivity contribution in [3.05, 3.63) is 47.0 Å². The van der Waals surface area contributed by atoms with Gasteiger partial charge in [0.25, 0.3) is 6.01 Å². The summed E-state index contributed by atoms with van der Waals surface area (Å²) in [5, 5.41) is 13.7. The first-order valence-corrected chi connectivity index (χ1v) is 11.0. The largest absolute Gasteiger partial charge is 0.456 e. The molecule has 2 fully saturated rings. The number of unbranched alkanes of at least 4 members (excludes halogenated alkanes) is 1. The van der Waals surface area contributed by atoms with Crippen LogP contribution in [-0.2, 0) is 15.9 Å². The molecule has 2 aliphatic rings. The quantitative estimate of drug-likeness (QED) is 0.459. The van der Waals surface area contributed by atoms with E-state index in [4.69, 9.17) is 25.8 Å². The van der Waals surface area contributed by atoms with Gasteiger partial charge in [-0.25, -0.2) is 4.98 Å². The van der Waals surface area contributed by atoms with Crippen molar-refractivity contribution in [2.45, 2.75) is 43.7 Å². The summed E-state index contributed by atoms with van der Waals surface area (Å²) < 4.78 is 17.1. The first-order valence-electron chi connectivity index (χ1n) is 10.6. The predicted octanol–water partition coefficient (Wildman–Crippen LogP) is 2.95. The summed E-state index contributed by atoms with van der Waals surface area (Å²) in [4.78, 5) is 12.1. The molecule has 1 unspecified atom stereocenters. The molecule has 0 bridgehead atoms. The third-order valence-corrected chi connectivity index (χ3v) is 5.97. The average Bonchev–Trinajstić information content (AvgIpc) is 3.46. The number of aliphatic hydroxyl groups excluding tert-OH is 1. The number of benzene rings is 1. The van der Waals surface area contributed by atoms with E-state index in [0.29, 0.717) is 34.6 Å². The van der Waals surface area contributed by atoms with Gasteiger partial charge in [-0.2, -0.15) is 4.98 Å². The number of aryl methyl sites for hydroxylation is 1. The number of nitrogens with zero attached hydrogens (tertiary/aromatic N) is 2. The first kappa shape index (κ1) is 20.5. The Morgan fingerprint density at radius 1 is 1.13 bits per heavy atom. The lowest BCUT2D eigenvalue weighted by Gasteiger charge is -2.15. The Bertz CT molecular complexity index is 1030. The van der Waals surface area contributed by atoms with Crippen LogP contribution in [0.1, 0.15) is 18.4 Å². The van der Waals surface area contributed by atoms with Crippen molar-refractivity contribution < 1.29 is 19.3 Å². The zero-order valence-corrected chi connectivity index (χ0v) is 17.7. The van der Waals surface area contributed by atoms with Crippen LogP contribution in [-0.4, -0.2) is 64.2 Å². The zero-order valence-electron chi connectivity index (χ0n) is 17.0. The molecule has 2 aromatic heterocycles. The molecule has 5 rings (SSSR count). The van der Waals surface area contributed by atoms with Crippen LogP contribution in [0, 0.1) is 0 Å². The third kappa shape index (κ3) is 4.48. The number of hydrogen-bond donors (Lipinski definition) is 3. The van der Waals surface area contributed by atoms with Gasteiger partial charge in [-0.1, -0.05) is 41.9 Å². The number of nitrogens with one attached hydrogen (secondary N) is 2. The Morgan fingerprint density at radius 3 is 2.84 bits per heavy atom. The number of aliphatic hydroxyl groups is 1. The molecule has 2 saturated heterocycles. The van der Waals surface area contributed by atoms with Gasteiger partial charge in [-0.05, 0) is 30.9 Å². The molecule has 1 aromatic carbocycles. The first-order chi connectivity index (χ1) is 15.2. The molecule has 164 valence electrons. The zero-order chi connectivity index (χ0) is 21.2. The van der Waals surface area contributed by atoms with Crippen LogP contribution in [0.2, 0.25) is 5.02 Å². The minimum absolute atomic E-state index is 0.257. The van der Waals surface area contributed by atoms with Crippen LogP contribution >= 0.6 is 11.6 Å². The number of halogens is 1. The van der Waals surface area contributed by atoms with E-state index in [-0.39, 0.29) is 24.9 Å². The number of hydrogen-bond acceptors (Lipinski definition) is 7. The van der Waals surface area contributed by atoms with E-state index in [1.807, 2.05) is 6.07 Å². The van der Waals surface area contributed by atoms with Crippen molar-refractivity contribution in [1.82, 2.24) is 15.0 Å². The highest BCUT2D eigenvalue weighted by atomic mass is 35.5. The minimum Gasteiger partial charge on any atom is -0.456 e. The van der Waals surface area contributed by atoms with Gasteiger partial charge in [-0.3, -0.25) is 0 Å². The standard InChI is InChI=1S/C22H25ClN4O4/c23-14-10-15-21(26-20(14)24-9-5-4-8-13-6-2-1-3-7-13)27-22(25-15)31-17-12-30-18-16(28)11-29-19(17)18/h1-3,6-7,10,16-19,28H,4-5,8-9,11-12H2,(H2,24,25,26,27)/t16-,17-,18-,19?/m1/s1. The molecule has 0 aliphatic carbocycles. The van der Waals surface area contributed by atoms with Gasteiger partial charge in [0.1, 0.15) is 24.1 Å². The van der Waals surface area contributed by atoms with Crippen molar-refractivity contribution in [3.63, 3.8) is 0 Å². The van der Waals surface area contributed by atoms with Crippen molar-refractivity contribution in [2.75, 3.05) is 25.1 Å². The molecule has 31 heavy (non-hydrogen) atoms. The molecule has 4 atom stereocenters. The molecule has 3 aromatic rings. The lowest BCUT2D eigenvalue weighted by molar-refractivity contribution is 0.00706. The Kier molecular flexibility index (Phi) is 5.95. The summed E-state index contributed by atoms with van der Waals surface area (Å²) in [6, 6.07) is 12.6. The van der Waals surface area contributed by atoms with E-state index in [1.165, 1.54) is 5.56 Å². The van der Waals surface area contributed by atoms with Gasteiger partial charge in [0.05, 0.1) is 23.8 Å². The number of anilines is 1. The van der Waals surface area contributed by atoms with Gasteiger partial charge in [0, 0.05) is 6.54 Å². The molecule has 0 spiro atoms. The fraction of sp³-hybridized carbons (Fsp3) is 0.455. The van der Waals surface area contributed by atoms with Gasteiger partial charge >= 0.3 is 0 Å². The number of pyridine rings is 1. The third-order valence-electron chi connectivity index (χ3n) is 5.68. The number of H-pyrrole nitrogens is 1. The number of ether oxygens (including phenoxy) is 3. The molecule has 8 nitrogen and oxygen atoms in total. The summed E-state index contributed by atoms with van der Waals surface area (Å²) >= 11 is 6.40. The smallest absolute Gasteiger partial charge is 0.296 e. The number of aromatic nitrogens is 3. The normalized spacial score (nSPS) is 25.1. The van der Waals surface area contributed by atoms with Crippen molar-refractivity contribution in [1.29, 1.82) is 0 Å². The molecular weight excluding hydrogens is 420 g/mol. The number of aromatic amines is 1. The highest BCUT2D eigenvalue weighted by Gasteiger charge is 2.48. The fourth-order valence-electron chi connectivity index (χ4n) is 4.07. The van der Waals surface area contributed by atoms with E-state index in [2.05, 4.69) is 44.5 Å². The molecule has 9 heteroatoms. The van der Waals surface area contributed by atoms with E-state index in [1.54, 1.807) is 6.07 Å². The fourth-order valence-corrected chi connectivity index (χ4v) is 4.29. The Balaban J connectivity index is 1.17. The maximum Gasteiger partial charge on any atom is 0.296 e. The molecule has 3 N–H and O–H groups in total. The molecule has 4 heterocycles. The predicted molar refractivity (Wildman–Crippen MR) is 117 cm³/mol. The number of fused-ring (bicyclic) bond motifs is 2. The van der Waals surface area contributed by atoms with Crippen LogP contribution < -0.4 is 10.1 Å². The SMILES string of the molecule is O[C@@H]1COC2[C@H](Oc3nc4nc(NCCCCc5ccccc5)c(Cl)cc4[nH]3)CO[C@@H]21. The minimum atomic E-state index is -0.615. The maximum absolute atomic E-state index is 9.86. The average molecular weight is 445 g/mol. The lowest BCUT2D eigenvalue weighted by atomic mass is 10.1. The summed E-state index contributed by atoms with van der Waals surface area (Å²) in [5.41, 5.74) is 2.56. The Labute approximate surface area is 184 Å². The van der Waals surface area contributed by atoms with Gasteiger partial charge in [0.15, 0.2) is 11.8 Å². The Hall–Kier alpha value is -2.39. The Morgan fingerprint density at radius 2 is 1.97 bits per heavy atom. The van der Waals surface area contributed by atoms with Crippen molar-refractivity contribution in [2.24, 2.45) is 0 Å². The second-order valence-electron chi connectivity index (χ2n) is 7.92. The molecule has 0 amide bonds. The van der Waals surface area contributed by atoms with Crippen LogP contribution in [0.25, 0.3) is 11.2 Å². The summed E-state index contributed by atoms with van der Waals surface area (Å²) in [6.07, 6.45) is 1.55. The van der Waals surface area contributed by atoms with Crippen molar-refractivity contribution in [3.8, 4) is 6.01 Å². The summed E-state index contributed by atoms with van der Waals surface area (Å²) in [7, 11) is 0. The molecule has 2 aliphatic heterocycles. The summed E-state index contributed by atoms with van der Waals surface area (Å²) in [5.74, 6) is 0.610. The maximum atomic E-state index is 9.86. The molecule has 0 radical (unpaired) electrons. The van der Waals surface area contributed by atoms with Gasteiger partial charge in [-0.15, -0.1) is 0 Å². The van der Waals surface area contributed by atoms with Crippen molar-refractivity contribution >= 4 is 28.6 Å². The highest BCUT2D eigenvalue weighted by molar-refractivity contribution is 6.33. The second-order valence-corrected chi connectivity index (χ2v) is 8.33. The van der Waals surface area contributed by atoms with Crippen LogP contribution in [0.4, 0.5) is 5.82 Å². The van der Waals surface area contributed by atoms with Gasteiger partial charge < -0.3 is 29.6 Å². The van der Waals surface area contributed by atoms with E-state index < -0.39 is 6.10 Å². The number of imidazole rings is 1. The summed E-state index contributed by atoms with van der Waals surface area (Å²) in [6.45, 7) is 1.38. The topological polar surface area (TPSA) is 102 Å². The van der Waals surface area contributed by atoms with Gasteiger partial charge in [0.2, 0.25) is 0 Å².